The summed E-state index contributed by atoms with van der Waals surface area (Å²) >= 11 is 6.22. The van der Waals surface area contributed by atoms with Crippen LogP contribution in [0.25, 0.3) is 27.8 Å². The van der Waals surface area contributed by atoms with Crippen molar-refractivity contribution in [2.75, 3.05) is 6.54 Å². The monoisotopic (exact) mass is 407 g/mol. The molecule has 0 spiro atoms. The molecular weight excluding hydrogens is 395 g/mol. The molecule has 0 aliphatic carbocycles. The van der Waals surface area contributed by atoms with Gasteiger partial charge in [-0.1, -0.05) is 23.7 Å². The second kappa shape index (κ2) is 6.61. The summed E-state index contributed by atoms with van der Waals surface area (Å²) in [6.45, 7) is 0.622. The number of pyridine rings is 2. The molecule has 4 rings (SSSR count). The van der Waals surface area contributed by atoms with Crippen LogP contribution in [0.15, 0.2) is 47.5 Å². The van der Waals surface area contributed by atoms with Gasteiger partial charge >= 0.3 is 6.18 Å². The van der Waals surface area contributed by atoms with Gasteiger partial charge in [-0.15, -0.1) is 0 Å². The van der Waals surface area contributed by atoms with Crippen molar-refractivity contribution in [3.8, 4) is 5.69 Å². The smallest absolute Gasteiger partial charge is 0.329 e. The Morgan fingerprint density at radius 3 is 2.57 bits per heavy atom. The molecule has 28 heavy (non-hydrogen) atoms. The van der Waals surface area contributed by atoms with Gasteiger partial charge in [-0.2, -0.15) is 13.2 Å². The molecule has 0 bridgehead atoms. The zero-order valence-corrected chi connectivity index (χ0v) is 15.0. The average molecular weight is 408 g/mol. The predicted molar refractivity (Wildman–Crippen MR) is 99.7 cm³/mol. The highest BCUT2D eigenvalue weighted by molar-refractivity contribution is 6.32. The summed E-state index contributed by atoms with van der Waals surface area (Å²) in [5.41, 5.74) is 4.43. The summed E-state index contributed by atoms with van der Waals surface area (Å²) < 4.78 is 42.5. The van der Waals surface area contributed by atoms with Crippen LogP contribution < -0.4 is 11.3 Å². The van der Waals surface area contributed by atoms with E-state index in [1.54, 1.807) is 22.8 Å². The molecule has 0 fully saturated rings. The summed E-state index contributed by atoms with van der Waals surface area (Å²) in [6, 6.07) is 8.53. The van der Waals surface area contributed by atoms with Crippen molar-refractivity contribution in [2.24, 2.45) is 5.73 Å². The van der Waals surface area contributed by atoms with Crippen molar-refractivity contribution in [1.82, 2.24) is 19.1 Å². The van der Waals surface area contributed by atoms with Gasteiger partial charge in [-0.3, -0.25) is 9.36 Å². The van der Waals surface area contributed by atoms with E-state index in [2.05, 4.69) is 9.97 Å². The molecule has 0 radical (unpaired) electrons. The lowest BCUT2D eigenvalue weighted by atomic mass is 10.2. The third-order valence-electron chi connectivity index (χ3n) is 4.34. The molecule has 0 amide bonds. The first-order chi connectivity index (χ1) is 13.3. The molecule has 3 heterocycles. The minimum Gasteiger partial charge on any atom is -0.329 e. The molecule has 6 nitrogen and oxygen atoms in total. The summed E-state index contributed by atoms with van der Waals surface area (Å²) in [5, 5.41) is 0.541. The van der Waals surface area contributed by atoms with Crippen LogP contribution in [-0.2, 0) is 12.7 Å². The van der Waals surface area contributed by atoms with Crippen LogP contribution in [0.3, 0.4) is 0 Å². The highest BCUT2D eigenvalue weighted by Crippen LogP contribution is 2.32. The minimum atomic E-state index is -4.66. The number of fused-ring (bicyclic) bond motifs is 3. The van der Waals surface area contributed by atoms with Gasteiger partial charge in [0.2, 0.25) is 0 Å². The van der Waals surface area contributed by atoms with E-state index in [4.69, 9.17) is 17.3 Å². The zero-order valence-electron chi connectivity index (χ0n) is 14.2. The van der Waals surface area contributed by atoms with Gasteiger partial charge in [0.25, 0.3) is 5.56 Å². The Bertz CT molecular complexity index is 1260. The number of nitrogens with two attached hydrogens (primary N) is 1. The summed E-state index contributed by atoms with van der Waals surface area (Å²) in [5.74, 6) is 0. The Balaban J connectivity index is 2.22. The number of imidazole rings is 1. The molecule has 0 aliphatic heterocycles. The van der Waals surface area contributed by atoms with Crippen molar-refractivity contribution in [3.05, 3.63) is 63.8 Å². The van der Waals surface area contributed by atoms with Crippen LogP contribution in [0.4, 0.5) is 13.2 Å². The standard InChI is InChI=1S/C18H13ClF3N5O/c19-11-3-1-2-4-12(11)27-16-10(5-6-13(25-16)18(20,21)22)15-14(17(27)28)24-9-26(15)8-7-23/h1-6,9H,7-8,23H2. The predicted octanol–water partition coefficient (Wildman–Crippen LogP) is 3.37. The lowest BCUT2D eigenvalue weighted by molar-refractivity contribution is -0.141. The second-order valence-electron chi connectivity index (χ2n) is 6.08. The van der Waals surface area contributed by atoms with Crippen LogP contribution in [0.5, 0.6) is 0 Å². The number of rotatable bonds is 3. The first-order valence-corrected chi connectivity index (χ1v) is 8.63. The molecular formula is C18H13ClF3N5O. The lowest BCUT2D eigenvalue weighted by Gasteiger charge is -2.14. The molecule has 0 atom stereocenters. The zero-order chi connectivity index (χ0) is 20.1. The maximum atomic E-state index is 13.3. The highest BCUT2D eigenvalue weighted by atomic mass is 35.5. The molecule has 3 aromatic heterocycles. The van der Waals surface area contributed by atoms with E-state index in [1.165, 1.54) is 18.5 Å². The van der Waals surface area contributed by atoms with Crippen LogP contribution in [0.2, 0.25) is 5.02 Å². The van der Waals surface area contributed by atoms with Gasteiger partial charge in [0.1, 0.15) is 11.3 Å². The van der Waals surface area contributed by atoms with Gasteiger partial charge in [0, 0.05) is 18.5 Å². The van der Waals surface area contributed by atoms with Crippen molar-refractivity contribution >= 4 is 33.7 Å². The van der Waals surface area contributed by atoms with Crippen molar-refractivity contribution in [1.29, 1.82) is 0 Å². The van der Waals surface area contributed by atoms with Crippen molar-refractivity contribution in [2.45, 2.75) is 12.7 Å². The SMILES string of the molecule is NCCn1cnc2c(=O)n(-c3ccccc3Cl)c3nc(C(F)(F)F)ccc3c21. The number of benzene rings is 1. The lowest BCUT2D eigenvalue weighted by Crippen LogP contribution is -2.22. The van der Waals surface area contributed by atoms with Gasteiger partial charge in [0.05, 0.1) is 22.6 Å². The van der Waals surface area contributed by atoms with E-state index >= 15 is 0 Å². The highest BCUT2D eigenvalue weighted by Gasteiger charge is 2.33. The molecule has 144 valence electrons. The molecule has 10 heteroatoms. The third-order valence-corrected chi connectivity index (χ3v) is 4.66. The van der Waals surface area contributed by atoms with E-state index in [0.717, 1.165) is 10.6 Å². The molecule has 0 saturated carbocycles. The average Bonchev–Trinajstić information content (AvgIpc) is 3.07. The van der Waals surface area contributed by atoms with E-state index in [1.807, 2.05) is 0 Å². The Morgan fingerprint density at radius 2 is 1.89 bits per heavy atom. The van der Waals surface area contributed by atoms with Crippen molar-refractivity contribution < 1.29 is 13.2 Å². The van der Waals surface area contributed by atoms with Crippen LogP contribution >= 0.6 is 11.6 Å². The number of halogens is 4. The Hall–Kier alpha value is -2.91. The maximum Gasteiger partial charge on any atom is 0.433 e. The van der Waals surface area contributed by atoms with Crippen molar-refractivity contribution in [3.63, 3.8) is 0 Å². The summed E-state index contributed by atoms with van der Waals surface area (Å²) in [6.07, 6.45) is -3.23. The number of para-hydroxylation sites is 1. The molecule has 2 N–H and O–H groups in total. The van der Waals surface area contributed by atoms with Gasteiger partial charge < -0.3 is 10.3 Å². The fraction of sp³-hybridized carbons (Fsp3) is 0.167. The van der Waals surface area contributed by atoms with E-state index in [9.17, 15) is 18.0 Å². The number of nitrogens with zero attached hydrogens (tertiary/aromatic N) is 4. The Morgan fingerprint density at radius 1 is 1.14 bits per heavy atom. The van der Waals surface area contributed by atoms with Crippen LogP contribution in [0.1, 0.15) is 5.69 Å². The van der Waals surface area contributed by atoms with Gasteiger partial charge in [0.15, 0.2) is 5.52 Å². The Labute approximate surface area is 161 Å². The normalized spacial score (nSPS) is 12.2. The van der Waals surface area contributed by atoms with E-state index < -0.39 is 17.4 Å². The first-order valence-electron chi connectivity index (χ1n) is 8.25. The van der Waals surface area contributed by atoms with E-state index in [-0.39, 0.29) is 28.4 Å². The molecule has 1 aromatic carbocycles. The number of hydrogen-bond donors (Lipinski definition) is 1. The van der Waals surface area contributed by atoms with Gasteiger partial charge in [-0.05, 0) is 24.3 Å². The quantitative estimate of drug-likeness (QED) is 0.564. The van der Waals surface area contributed by atoms with Crippen LogP contribution in [0, 0.1) is 0 Å². The van der Waals surface area contributed by atoms with E-state index in [0.29, 0.717) is 17.4 Å². The Kier molecular flexibility index (Phi) is 4.35. The fourth-order valence-electron chi connectivity index (χ4n) is 3.15. The number of alkyl halides is 3. The largest absolute Gasteiger partial charge is 0.433 e. The molecule has 0 unspecified atom stereocenters. The minimum absolute atomic E-state index is 0.0995. The van der Waals surface area contributed by atoms with Gasteiger partial charge in [-0.25, -0.2) is 9.97 Å². The number of hydrogen-bond acceptors (Lipinski definition) is 4. The summed E-state index contributed by atoms with van der Waals surface area (Å²) in [4.78, 5) is 21.1. The summed E-state index contributed by atoms with van der Waals surface area (Å²) in [7, 11) is 0. The molecule has 0 aliphatic rings. The number of aromatic nitrogens is 4. The first kappa shape index (κ1) is 18.5. The fourth-order valence-corrected chi connectivity index (χ4v) is 3.37. The third kappa shape index (κ3) is 2.83. The maximum absolute atomic E-state index is 13.3. The van der Waals surface area contributed by atoms with Crippen LogP contribution in [-0.4, -0.2) is 25.6 Å². The topological polar surface area (TPSA) is 78.7 Å². The molecule has 4 aromatic rings. The second-order valence-corrected chi connectivity index (χ2v) is 6.49. The molecule has 0 saturated heterocycles.